The fourth-order valence-corrected chi connectivity index (χ4v) is 4.15. The first-order valence-electron chi connectivity index (χ1n) is 9.64. The molecule has 3 aromatic rings. The molecule has 30 heavy (non-hydrogen) atoms. The van der Waals surface area contributed by atoms with Gasteiger partial charge in [0.25, 0.3) is 5.69 Å². The van der Waals surface area contributed by atoms with E-state index in [1.54, 1.807) is 23.6 Å². The molecule has 1 fully saturated rings. The maximum atomic E-state index is 11.1. The van der Waals surface area contributed by atoms with Gasteiger partial charge in [-0.25, -0.2) is 15.0 Å². The van der Waals surface area contributed by atoms with E-state index in [4.69, 9.17) is 4.74 Å². The molecule has 4 heterocycles. The highest BCUT2D eigenvalue weighted by Crippen LogP contribution is 2.34. The SMILES string of the molecule is C[C@H]1O[C@@H](n2cnc3c(N4CCc5ccc([N+](=O)[O-])cc5C4)ncnc32)[C@H](O)[C@@H]1O. The Morgan fingerprint density at radius 3 is 2.77 bits per heavy atom. The van der Waals surface area contributed by atoms with Gasteiger partial charge in [0.15, 0.2) is 23.2 Å². The van der Waals surface area contributed by atoms with Gasteiger partial charge in [0, 0.05) is 25.2 Å². The van der Waals surface area contributed by atoms with Crippen LogP contribution in [0, 0.1) is 10.1 Å². The number of nitro benzene ring substituents is 1. The summed E-state index contributed by atoms with van der Waals surface area (Å²) in [6.07, 6.45) is 0.254. The van der Waals surface area contributed by atoms with Crippen LogP contribution in [0.1, 0.15) is 24.3 Å². The van der Waals surface area contributed by atoms with Gasteiger partial charge in [-0.05, 0) is 24.5 Å². The number of fused-ring (bicyclic) bond motifs is 2. The summed E-state index contributed by atoms with van der Waals surface area (Å²) in [5, 5.41) is 31.5. The van der Waals surface area contributed by atoms with Gasteiger partial charge in [0.05, 0.1) is 17.4 Å². The first-order chi connectivity index (χ1) is 14.4. The zero-order valence-electron chi connectivity index (χ0n) is 16.1. The van der Waals surface area contributed by atoms with Crippen LogP contribution >= 0.6 is 0 Å². The zero-order valence-corrected chi connectivity index (χ0v) is 16.1. The summed E-state index contributed by atoms with van der Waals surface area (Å²) in [6.45, 7) is 2.84. The smallest absolute Gasteiger partial charge is 0.269 e. The normalized spacial score (nSPS) is 26.2. The molecule has 2 aliphatic heterocycles. The Labute approximate surface area is 170 Å². The lowest BCUT2D eigenvalue weighted by molar-refractivity contribution is -0.384. The molecule has 2 N–H and O–H groups in total. The number of aromatic nitrogens is 4. The molecule has 11 nitrogen and oxygen atoms in total. The number of anilines is 1. The van der Waals surface area contributed by atoms with Crippen LogP contribution in [-0.2, 0) is 17.7 Å². The highest BCUT2D eigenvalue weighted by atomic mass is 16.6. The molecular weight excluding hydrogens is 392 g/mol. The van der Waals surface area contributed by atoms with Gasteiger partial charge >= 0.3 is 0 Å². The van der Waals surface area contributed by atoms with E-state index in [1.807, 2.05) is 4.90 Å². The number of benzene rings is 1. The molecule has 0 amide bonds. The molecule has 0 spiro atoms. The van der Waals surface area contributed by atoms with Crippen LogP contribution in [0.2, 0.25) is 0 Å². The van der Waals surface area contributed by atoms with Gasteiger partial charge in [-0.2, -0.15) is 0 Å². The Morgan fingerprint density at radius 2 is 2.03 bits per heavy atom. The highest BCUT2D eigenvalue weighted by Gasteiger charge is 2.42. The van der Waals surface area contributed by atoms with E-state index in [1.165, 1.54) is 18.7 Å². The van der Waals surface area contributed by atoms with Crippen molar-refractivity contribution in [2.45, 2.75) is 44.4 Å². The van der Waals surface area contributed by atoms with Crippen LogP contribution < -0.4 is 4.90 Å². The molecule has 1 saturated heterocycles. The molecule has 2 aromatic heterocycles. The number of hydrogen-bond acceptors (Lipinski definition) is 9. The van der Waals surface area contributed by atoms with Crippen molar-refractivity contribution < 1.29 is 19.9 Å². The van der Waals surface area contributed by atoms with E-state index >= 15 is 0 Å². The summed E-state index contributed by atoms with van der Waals surface area (Å²) in [6, 6.07) is 4.94. The quantitative estimate of drug-likeness (QED) is 0.475. The van der Waals surface area contributed by atoms with Crippen molar-refractivity contribution in [3.05, 3.63) is 52.1 Å². The van der Waals surface area contributed by atoms with Crippen molar-refractivity contribution >= 4 is 22.7 Å². The first-order valence-corrected chi connectivity index (χ1v) is 9.64. The topological polar surface area (TPSA) is 140 Å². The summed E-state index contributed by atoms with van der Waals surface area (Å²) < 4.78 is 7.29. The minimum Gasteiger partial charge on any atom is -0.388 e. The molecule has 5 rings (SSSR count). The maximum absolute atomic E-state index is 11.1. The summed E-state index contributed by atoms with van der Waals surface area (Å²) >= 11 is 0. The Hall–Kier alpha value is -3.15. The van der Waals surface area contributed by atoms with Gasteiger partial charge in [0.2, 0.25) is 0 Å². The van der Waals surface area contributed by atoms with Gasteiger partial charge in [0.1, 0.15) is 18.5 Å². The van der Waals surface area contributed by atoms with E-state index in [2.05, 4.69) is 15.0 Å². The van der Waals surface area contributed by atoms with Gasteiger partial charge in [-0.3, -0.25) is 14.7 Å². The molecule has 0 aliphatic carbocycles. The van der Waals surface area contributed by atoms with E-state index in [0.29, 0.717) is 30.1 Å². The zero-order chi connectivity index (χ0) is 21.0. The van der Waals surface area contributed by atoms with Crippen LogP contribution in [0.15, 0.2) is 30.9 Å². The summed E-state index contributed by atoms with van der Waals surface area (Å²) in [7, 11) is 0. The molecule has 156 valence electrons. The summed E-state index contributed by atoms with van der Waals surface area (Å²) in [5.41, 5.74) is 3.05. The van der Waals surface area contributed by atoms with Gasteiger partial charge in [-0.1, -0.05) is 6.07 Å². The average molecular weight is 412 g/mol. The number of imidazole rings is 1. The molecular formula is C19H20N6O5. The van der Waals surface area contributed by atoms with Crippen molar-refractivity contribution in [1.82, 2.24) is 19.5 Å². The van der Waals surface area contributed by atoms with Crippen LogP contribution in [-0.4, -0.2) is 59.5 Å². The second-order valence-electron chi connectivity index (χ2n) is 7.62. The lowest BCUT2D eigenvalue weighted by atomic mass is 9.99. The number of rotatable bonds is 3. The first kappa shape index (κ1) is 18.9. The lowest BCUT2D eigenvalue weighted by Gasteiger charge is -2.29. The van der Waals surface area contributed by atoms with Crippen molar-refractivity contribution in [3.8, 4) is 0 Å². The fraction of sp³-hybridized carbons (Fsp3) is 0.421. The summed E-state index contributed by atoms with van der Waals surface area (Å²) in [5.74, 6) is 0.608. The van der Waals surface area contributed by atoms with Crippen LogP contribution in [0.3, 0.4) is 0 Å². The van der Waals surface area contributed by atoms with Crippen LogP contribution in [0.5, 0.6) is 0 Å². The monoisotopic (exact) mass is 412 g/mol. The Morgan fingerprint density at radius 1 is 1.20 bits per heavy atom. The van der Waals surface area contributed by atoms with E-state index < -0.39 is 29.5 Å². The standard InChI is InChI=1S/C19H20N6O5/c1-10-15(26)16(27)19(30-10)24-9-22-14-17(20-8-21-18(14)24)23-5-4-11-2-3-13(25(28)29)6-12(11)7-23/h2-3,6,8-10,15-16,19,26-27H,4-5,7H2,1H3/t10-,15-,16-,19-/m1/s1. The van der Waals surface area contributed by atoms with E-state index in [9.17, 15) is 20.3 Å². The largest absolute Gasteiger partial charge is 0.388 e. The lowest BCUT2D eigenvalue weighted by Crippen LogP contribution is -2.31. The maximum Gasteiger partial charge on any atom is 0.269 e. The number of aliphatic hydroxyl groups is 2. The van der Waals surface area contributed by atoms with Crippen LogP contribution in [0.25, 0.3) is 11.2 Å². The molecule has 0 saturated carbocycles. The van der Waals surface area contributed by atoms with Crippen molar-refractivity contribution in [3.63, 3.8) is 0 Å². The predicted octanol–water partition coefficient (Wildman–Crippen LogP) is 0.936. The molecule has 11 heteroatoms. The number of ether oxygens (including phenoxy) is 1. The van der Waals surface area contributed by atoms with Crippen molar-refractivity contribution in [1.29, 1.82) is 0 Å². The number of non-ortho nitro benzene ring substituents is 1. The molecule has 0 unspecified atom stereocenters. The number of nitro groups is 1. The molecule has 4 atom stereocenters. The van der Waals surface area contributed by atoms with Crippen molar-refractivity contribution in [2.75, 3.05) is 11.4 Å². The minimum atomic E-state index is -1.10. The third kappa shape index (κ3) is 2.90. The van der Waals surface area contributed by atoms with Crippen molar-refractivity contribution in [2.24, 2.45) is 0 Å². The van der Waals surface area contributed by atoms with Crippen LogP contribution in [0.4, 0.5) is 11.5 Å². The van der Waals surface area contributed by atoms with Gasteiger partial charge in [-0.15, -0.1) is 0 Å². The predicted molar refractivity (Wildman–Crippen MR) is 105 cm³/mol. The molecule has 2 aliphatic rings. The minimum absolute atomic E-state index is 0.0627. The Bertz CT molecular complexity index is 1130. The Kier molecular flexibility index (Phi) is 4.38. The van der Waals surface area contributed by atoms with E-state index in [0.717, 1.165) is 17.5 Å². The molecule has 0 radical (unpaired) electrons. The number of hydrogen-bond donors (Lipinski definition) is 2. The second-order valence-corrected chi connectivity index (χ2v) is 7.62. The third-order valence-electron chi connectivity index (χ3n) is 5.80. The number of aliphatic hydroxyl groups excluding tert-OH is 2. The highest BCUT2D eigenvalue weighted by molar-refractivity contribution is 5.83. The number of nitrogens with zero attached hydrogens (tertiary/aromatic N) is 6. The summed E-state index contributed by atoms with van der Waals surface area (Å²) in [4.78, 5) is 25.9. The average Bonchev–Trinajstić information content (AvgIpc) is 3.29. The molecule has 0 bridgehead atoms. The van der Waals surface area contributed by atoms with E-state index in [-0.39, 0.29) is 5.69 Å². The second kappa shape index (κ2) is 6.97. The Balaban J connectivity index is 1.50. The fourth-order valence-electron chi connectivity index (χ4n) is 4.15. The van der Waals surface area contributed by atoms with Gasteiger partial charge < -0.3 is 19.8 Å². The third-order valence-corrected chi connectivity index (χ3v) is 5.80. The molecule has 1 aromatic carbocycles.